The van der Waals surface area contributed by atoms with E-state index in [0.29, 0.717) is 28.8 Å². The minimum atomic E-state index is -0.362. The van der Waals surface area contributed by atoms with Crippen molar-refractivity contribution in [3.05, 3.63) is 40.3 Å². The summed E-state index contributed by atoms with van der Waals surface area (Å²) in [4.78, 5) is 38.8. The van der Waals surface area contributed by atoms with Gasteiger partial charge in [-0.25, -0.2) is 4.79 Å². The lowest BCUT2D eigenvalue weighted by atomic mass is 9.88. The summed E-state index contributed by atoms with van der Waals surface area (Å²) in [6.45, 7) is 7.59. The molecular weight excluding hydrogens is 432 g/mol. The maximum atomic E-state index is 12.9. The molecule has 3 rings (SSSR count). The normalized spacial score (nSPS) is 16.2. The van der Waals surface area contributed by atoms with Crippen LogP contribution in [0.4, 0.5) is 10.7 Å². The molecule has 0 fully saturated rings. The molecule has 0 bridgehead atoms. The van der Waals surface area contributed by atoms with E-state index >= 15 is 0 Å². The number of rotatable bonds is 7. The smallest absolute Gasteiger partial charge is 0.341 e. The van der Waals surface area contributed by atoms with Crippen molar-refractivity contribution in [2.45, 2.75) is 57.1 Å². The molecule has 6 nitrogen and oxygen atoms in total. The average molecular weight is 461 g/mol. The zero-order chi connectivity index (χ0) is 22.5. The summed E-state index contributed by atoms with van der Waals surface area (Å²) in [5, 5.41) is 5.94. The fourth-order valence-corrected chi connectivity index (χ4v) is 5.82. The number of carbonyl (C=O) groups is 3. The third-order valence-corrected chi connectivity index (χ3v) is 7.37. The van der Waals surface area contributed by atoms with Gasteiger partial charge < -0.3 is 15.4 Å². The van der Waals surface area contributed by atoms with Crippen molar-refractivity contribution in [1.82, 2.24) is 0 Å². The van der Waals surface area contributed by atoms with Crippen LogP contribution in [0.5, 0.6) is 0 Å². The van der Waals surface area contributed by atoms with E-state index in [0.717, 1.165) is 29.7 Å². The predicted octanol–water partition coefficient (Wildman–Crippen LogP) is 5.13. The third-order valence-electron chi connectivity index (χ3n) is 5.08. The number of thiophene rings is 1. The Bertz CT molecular complexity index is 969. The van der Waals surface area contributed by atoms with Crippen LogP contribution in [0.1, 0.15) is 54.9 Å². The Balaban J connectivity index is 1.73. The zero-order valence-electron chi connectivity index (χ0n) is 18.2. The molecule has 1 aliphatic carbocycles. The number of ether oxygens (including phenoxy) is 1. The van der Waals surface area contributed by atoms with Crippen molar-refractivity contribution in [3.63, 3.8) is 0 Å². The van der Waals surface area contributed by atoms with Crippen molar-refractivity contribution in [2.75, 3.05) is 17.2 Å². The van der Waals surface area contributed by atoms with Gasteiger partial charge in [-0.15, -0.1) is 23.1 Å². The van der Waals surface area contributed by atoms with Gasteiger partial charge in [0.15, 0.2) is 0 Å². The van der Waals surface area contributed by atoms with Gasteiger partial charge in [0.25, 0.3) is 0 Å². The highest BCUT2D eigenvalue weighted by atomic mass is 32.2. The molecule has 8 heteroatoms. The minimum Gasteiger partial charge on any atom is -0.462 e. The number of fused-ring (bicyclic) bond motifs is 1. The summed E-state index contributed by atoms with van der Waals surface area (Å²) in [5.41, 5.74) is 2.27. The second-order valence-corrected chi connectivity index (χ2v) is 10.3. The van der Waals surface area contributed by atoms with Crippen LogP contribution >= 0.6 is 23.1 Å². The Morgan fingerprint density at radius 3 is 2.58 bits per heavy atom. The molecule has 166 valence electrons. The van der Waals surface area contributed by atoms with Crippen molar-refractivity contribution >= 4 is 51.6 Å². The van der Waals surface area contributed by atoms with Crippen LogP contribution in [0.3, 0.4) is 0 Å². The quantitative estimate of drug-likeness (QED) is 0.442. The van der Waals surface area contributed by atoms with Gasteiger partial charge in [-0.1, -0.05) is 6.92 Å². The first-order valence-corrected chi connectivity index (χ1v) is 12.1. The van der Waals surface area contributed by atoms with E-state index in [-0.39, 0.29) is 23.0 Å². The standard InChI is InChI=1S/C23H28N2O4S2/c1-5-29-23(28)20-18-11-6-13(2)12-19(18)31-22(20)25-21(27)14(3)30-17-9-7-16(8-10-17)24-15(4)26/h7-10,13-14H,5-6,11-12H2,1-4H3,(H,24,26)(H,25,27)/t13-,14+/m1/s1. The summed E-state index contributed by atoms with van der Waals surface area (Å²) < 4.78 is 5.28. The predicted molar refractivity (Wildman–Crippen MR) is 126 cm³/mol. The number of anilines is 2. The summed E-state index contributed by atoms with van der Waals surface area (Å²) in [6, 6.07) is 7.35. The number of hydrogen-bond acceptors (Lipinski definition) is 6. The fraction of sp³-hybridized carbons (Fsp3) is 0.435. The molecule has 2 N–H and O–H groups in total. The molecule has 1 aromatic carbocycles. The van der Waals surface area contributed by atoms with E-state index in [4.69, 9.17) is 4.74 Å². The van der Waals surface area contributed by atoms with Crippen molar-refractivity contribution < 1.29 is 19.1 Å². The highest BCUT2D eigenvalue weighted by Crippen LogP contribution is 2.40. The molecule has 0 aliphatic heterocycles. The maximum Gasteiger partial charge on any atom is 0.341 e. The maximum absolute atomic E-state index is 12.9. The van der Waals surface area contributed by atoms with E-state index in [1.165, 1.54) is 34.9 Å². The molecular formula is C23H28N2O4S2. The molecule has 0 radical (unpaired) electrons. The Kier molecular flexibility index (Phi) is 7.78. The first-order chi connectivity index (χ1) is 14.8. The number of nitrogens with one attached hydrogen (secondary N) is 2. The van der Waals surface area contributed by atoms with Gasteiger partial charge in [0.1, 0.15) is 5.00 Å². The summed E-state index contributed by atoms with van der Waals surface area (Å²) in [5.74, 6) is -0.0786. The summed E-state index contributed by atoms with van der Waals surface area (Å²) in [7, 11) is 0. The first-order valence-electron chi connectivity index (χ1n) is 10.4. The lowest BCUT2D eigenvalue weighted by Gasteiger charge is -2.18. The van der Waals surface area contributed by atoms with Gasteiger partial charge in [-0.2, -0.15) is 0 Å². The van der Waals surface area contributed by atoms with Gasteiger partial charge in [0.2, 0.25) is 11.8 Å². The van der Waals surface area contributed by atoms with Gasteiger partial charge >= 0.3 is 5.97 Å². The van der Waals surface area contributed by atoms with E-state index in [1.54, 1.807) is 6.92 Å². The van der Waals surface area contributed by atoms with Crippen LogP contribution in [0, 0.1) is 5.92 Å². The molecule has 0 unspecified atom stereocenters. The molecule has 2 atom stereocenters. The molecule has 0 saturated carbocycles. The fourth-order valence-electron chi connectivity index (χ4n) is 3.55. The molecule has 1 heterocycles. The third kappa shape index (κ3) is 5.89. The second-order valence-electron chi connectivity index (χ2n) is 7.73. The molecule has 1 aromatic heterocycles. The summed E-state index contributed by atoms with van der Waals surface area (Å²) in [6.07, 6.45) is 2.79. The largest absolute Gasteiger partial charge is 0.462 e. The molecule has 0 saturated heterocycles. The van der Waals surface area contributed by atoms with Crippen molar-refractivity contribution in [1.29, 1.82) is 0 Å². The molecule has 2 amide bonds. The van der Waals surface area contributed by atoms with Crippen LogP contribution in [0.25, 0.3) is 0 Å². The number of esters is 1. The molecule has 2 aromatic rings. The monoisotopic (exact) mass is 460 g/mol. The lowest BCUT2D eigenvalue weighted by molar-refractivity contribution is -0.115. The van der Waals surface area contributed by atoms with Gasteiger partial charge in [-0.3, -0.25) is 9.59 Å². The highest BCUT2D eigenvalue weighted by molar-refractivity contribution is 8.00. The number of thioether (sulfide) groups is 1. The van der Waals surface area contributed by atoms with Gasteiger partial charge in [-0.05, 0) is 68.9 Å². The van der Waals surface area contributed by atoms with Crippen LogP contribution in [0.15, 0.2) is 29.2 Å². The van der Waals surface area contributed by atoms with E-state index < -0.39 is 0 Å². The number of hydrogen-bond donors (Lipinski definition) is 2. The average Bonchev–Trinajstić information content (AvgIpc) is 3.06. The first kappa shape index (κ1) is 23.3. The van der Waals surface area contributed by atoms with Crippen LogP contribution in [-0.4, -0.2) is 29.6 Å². The van der Waals surface area contributed by atoms with Crippen LogP contribution in [0.2, 0.25) is 0 Å². The van der Waals surface area contributed by atoms with Crippen LogP contribution < -0.4 is 10.6 Å². The zero-order valence-corrected chi connectivity index (χ0v) is 19.9. The molecule has 1 aliphatic rings. The van der Waals surface area contributed by atoms with Crippen molar-refractivity contribution in [3.8, 4) is 0 Å². The topological polar surface area (TPSA) is 84.5 Å². The Morgan fingerprint density at radius 2 is 1.94 bits per heavy atom. The van der Waals surface area contributed by atoms with Crippen LogP contribution in [-0.2, 0) is 27.2 Å². The highest BCUT2D eigenvalue weighted by Gasteiger charge is 2.29. The lowest BCUT2D eigenvalue weighted by Crippen LogP contribution is -2.23. The van der Waals surface area contributed by atoms with E-state index in [2.05, 4.69) is 17.6 Å². The molecule has 31 heavy (non-hydrogen) atoms. The SMILES string of the molecule is CCOC(=O)c1c(NC(=O)[C@H](C)Sc2ccc(NC(C)=O)cc2)sc2c1CC[C@@H](C)C2. The Morgan fingerprint density at radius 1 is 1.23 bits per heavy atom. The van der Waals surface area contributed by atoms with Gasteiger partial charge in [0.05, 0.1) is 17.4 Å². The van der Waals surface area contributed by atoms with E-state index in [9.17, 15) is 14.4 Å². The number of benzene rings is 1. The molecule has 0 spiro atoms. The van der Waals surface area contributed by atoms with E-state index in [1.807, 2.05) is 31.2 Å². The van der Waals surface area contributed by atoms with Crippen molar-refractivity contribution in [2.24, 2.45) is 5.92 Å². The minimum absolute atomic E-state index is 0.126. The number of amides is 2. The second kappa shape index (κ2) is 10.3. The summed E-state index contributed by atoms with van der Waals surface area (Å²) >= 11 is 2.92. The Hall–Kier alpha value is -2.32. The Labute approximate surface area is 191 Å². The number of carbonyl (C=O) groups excluding carboxylic acids is 3. The van der Waals surface area contributed by atoms with Gasteiger partial charge in [0, 0.05) is 22.4 Å².